The van der Waals surface area contributed by atoms with Gasteiger partial charge in [-0.05, 0) is 0 Å². The molecule has 66 valence electrons. The zero-order valence-corrected chi connectivity index (χ0v) is 8.33. The molecule has 2 heteroatoms. The van der Waals surface area contributed by atoms with E-state index < -0.39 is 0 Å². The van der Waals surface area contributed by atoms with Gasteiger partial charge in [0.05, 0.1) is 6.33 Å². The van der Waals surface area contributed by atoms with Crippen LogP contribution in [0.15, 0.2) is 18.7 Å². The number of aryl methyl sites for hydroxylation is 1. The van der Waals surface area contributed by atoms with Crippen molar-refractivity contribution in [1.82, 2.24) is 9.55 Å². The van der Waals surface area contributed by atoms with Crippen molar-refractivity contribution >= 4 is 0 Å². The van der Waals surface area contributed by atoms with E-state index in [1.54, 1.807) is 12.5 Å². The van der Waals surface area contributed by atoms with Gasteiger partial charge < -0.3 is 4.57 Å². The van der Waals surface area contributed by atoms with Crippen LogP contribution in [0.4, 0.5) is 0 Å². The van der Waals surface area contributed by atoms with Crippen molar-refractivity contribution < 1.29 is 0 Å². The van der Waals surface area contributed by atoms with E-state index in [9.17, 15) is 0 Å². The molecule has 1 aromatic heterocycles. The van der Waals surface area contributed by atoms with E-state index in [0.29, 0.717) is 0 Å². The van der Waals surface area contributed by atoms with Crippen LogP contribution in [0.1, 0.15) is 34.1 Å². The monoisotopic (exact) mass is 156 g/mol. The molecule has 2 nitrogen and oxygen atoms in total. The molecule has 0 N–H and O–H groups in total. The summed E-state index contributed by atoms with van der Waals surface area (Å²) in [5.41, 5.74) is 0. The third kappa shape index (κ3) is 12.4. The maximum absolute atomic E-state index is 3.78. The van der Waals surface area contributed by atoms with Crippen LogP contribution >= 0.6 is 0 Å². The Labute approximate surface area is 70.3 Å². The molecule has 0 radical (unpaired) electrons. The Hall–Kier alpha value is -0.790. The van der Waals surface area contributed by atoms with Crippen molar-refractivity contribution in [2.75, 3.05) is 0 Å². The van der Waals surface area contributed by atoms with Crippen LogP contribution in [0, 0.1) is 0 Å². The van der Waals surface area contributed by atoms with Gasteiger partial charge in [-0.15, -0.1) is 0 Å². The molecule has 1 heterocycles. The second-order valence-corrected chi connectivity index (χ2v) is 1.94. The average Bonchev–Trinajstić information content (AvgIpc) is 2.46. The van der Waals surface area contributed by atoms with Gasteiger partial charge in [0.2, 0.25) is 0 Å². The molecule has 0 aliphatic carbocycles. The first-order chi connectivity index (χ1) is 5.31. The van der Waals surface area contributed by atoms with Crippen molar-refractivity contribution in [2.24, 2.45) is 7.05 Å². The lowest BCUT2D eigenvalue weighted by Crippen LogP contribution is -1.76. The lowest BCUT2D eigenvalue weighted by molar-refractivity contribution is 0.913. The largest absolute Gasteiger partial charge is 0.341 e. The third-order valence-corrected chi connectivity index (χ3v) is 0.637. The van der Waals surface area contributed by atoms with E-state index in [-0.39, 0.29) is 0 Å². The summed E-state index contributed by atoms with van der Waals surface area (Å²) in [6.45, 7) is 8.25. The van der Waals surface area contributed by atoms with Gasteiger partial charge in [0.15, 0.2) is 0 Å². The zero-order valence-electron chi connectivity index (χ0n) is 8.33. The molecule has 11 heavy (non-hydrogen) atoms. The molecule has 0 aromatic carbocycles. The molecule has 0 unspecified atom stereocenters. The fourth-order valence-electron chi connectivity index (χ4n) is 0.326. The lowest BCUT2D eigenvalue weighted by Gasteiger charge is -1.76. The Bertz CT molecular complexity index is 122. The molecular weight excluding hydrogens is 136 g/mol. The van der Waals surface area contributed by atoms with E-state index in [2.05, 4.69) is 18.8 Å². The summed E-state index contributed by atoms with van der Waals surface area (Å²) in [6, 6.07) is 0. The van der Waals surface area contributed by atoms with Crippen LogP contribution in [-0.2, 0) is 7.05 Å². The van der Waals surface area contributed by atoms with Crippen LogP contribution in [0.3, 0.4) is 0 Å². The van der Waals surface area contributed by atoms with Crippen molar-refractivity contribution in [1.29, 1.82) is 0 Å². The molecule has 0 amide bonds. The van der Waals surface area contributed by atoms with Gasteiger partial charge in [-0.25, -0.2) is 4.98 Å². The highest BCUT2D eigenvalue weighted by Crippen LogP contribution is 1.73. The maximum Gasteiger partial charge on any atom is 0.0943 e. The fourth-order valence-corrected chi connectivity index (χ4v) is 0.326. The number of hydrogen-bond donors (Lipinski definition) is 0. The summed E-state index contributed by atoms with van der Waals surface area (Å²) in [6.07, 6.45) is 6.64. The van der Waals surface area contributed by atoms with Gasteiger partial charge in [-0.2, -0.15) is 0 Å². The van der Waals surface area contributed by atoms with Gasteiger partial charge in [0.1, 0.15) is 0 Å². The number of rotatable bonds is 0. The molecule has 1 aromatic rings. The Morgan fingerprint density at radius 1 is 1.27 bits per heavy atom. The molecule has 0 bridgehead atoms. The smallest absolute Gasteiger partial charge is 0.0943 e. The van der Waals surface area contributed by atoms with Gasteiger partial charge in [-0.1, -0.05) is 34.1 Å². The topological polar surface area (TPSA) is 17.8 Å². The predicted molar refractivity (Wildman–Crippen MR) is 50.5 cm³/mol. The first-order valence-electron chi connectivity index (χ1n) is 4.23. The van der Waals surface area contributed by atoms with E-state index in [0.717, 1.165) is 0 Å². The SMILES string of the molecule is CC.CCC.Cn1ccnc1. The van der Waals surface area contributed by atoms with Crippen LogP contribution in [0.2, 0.25) is 0 Å². The quantitative estimate of drug-likeness (QED) is 0.564. The summed E-state index contributed by atoms with van der Waals surface area (Å²) in [7, 11) is 1.94. The second kappa shape index (κ2) is 11.9. The van der Waals surface area contributed by atoms with Crippen molar-refractivity contribution in [3.05, 3.63) is 18.7 Å². The van der Waals surface area contributed by atoms with Crippen LogP contribution in [0.25, 0.3) is 0 Å². The van der Waals surface area contributed by atoms with E-state index in [1.165, 1.54) is 6.42 Å². The normalized spacial score (nSPS) is 7.00. The summed E-state index contributed by atoms with van der Waals surface area (Å²) in [4.78, 5) is 3.78. The minimum Gasteiger partial charge on any atom is -0.341 e. The molecular formula is C9H20N2. The number of imidazole rings is 1. The molecule has 0 fully saturated rings. The van der Waals surface area contributed by atoms with E-state index >= 15 is 0 Å². The molecule has 0 atom stereocenters. The third-order valence-electron chi connectivity index (χ3n) is 0.637. The zero-order chi connectivity index (χ0) is 9.11. The van der Waals surface area contributed by atoms with Crippen molar-refractivity contribution in [3.8, 4) is 0 Å². The van der Waals surface area contributed by atoms with Gasteiger partial charge >= 0.3 is 0 Å². The van der Waals surface area contributed by atoms with Gasteiger partial charge in [0, 0.05) is 19.4 Å². The molecule has 0 spiro atoms. The first kappa shape index (κ1) is 12.8. The summed E-state index contributed by atoms with van der Waals surface area (Å²) in [5, 5.41) is 0. The van der Waals surface area contributed by atoms with E-state index in [1.807, 2.05) is 31.7 Å². The minimum absolute atomic E-state index is 1.25. The number of aromatic nitrogens is 2. The molecule has 0 saturated heterocycles. The molecule has 0 saturated carbocycles. The van der Waals surface area contributed by atoms with Crippen LogP contribution < -0.4 is 0 Å². The number of nitrogens with zero attached hydrogens (tertiary/aromatic N) is 2. The second-order valence-electron chi connectivity index (χ2n) is 1.94. The number of hydrogen-bond acceptors (Lipinski definition) is 1. The van der Waals surface area contributed by atoms with Crippen LogP contribution in [0.5, 0.6) is 0 Å². The first-order valence-corrected chi connectivity index (χ1v) is 4.23. The standard InChI is InChI=1S/C4H6N2.C3H8.C2H6/c1-6-3-2-5-4-6;1-3-2;1-2/h2-4H,1H3;3H2,1-2H3;1-2H3. The summed E-state index contributed by atoms with van der Waals surface area (Å²) < 4.78 is 1.89. The lowest BCUT2D eigenvalue weighted by atomic mass is 10.6. The van der Waals surface area contributed by atoms with Crippen LogP contribution in [-0.4, -0.2) is 9.55 Å². The van der Waals surface area contributed by atoms with Crippen molar-refractivity contribution in [2.45, 2.75) is 34.1 Å². The Kier molecular flexibility index (Phi) is 13.9. The molecule has 1 rings (SSSR count). The summed E-state index contributed by atoms with van der Waals surface area (Å²) >= 11 is 0. The van der Waals surface area contributed by atoms with Gasteiger partial charge in [0.25, 0.3) is 0 Å². The molecule has 0 aliphatic rings. The maximum atomic E-state index is 3.78. The Morgan fingerprint density at radius 2 is 1.73 bits per heavy atom. The van der Waals surface area contributed by atoms with E-state index in [4.69, 9.17) is 0 Å². The molecule has 0 aliphatic heterocycles. The Balaban J connectivity index is 0. The predicted octanol–water partition coefficient (Wildman–Crippen LogP) is 2.86. The highest BCUT2D eigenvalue weighted by atomic mass is 15.0. The minimum atomic E-state index is 1.25. The fraction of sp³-hybridized carbons (Fsp3) is 0.667. The van der Waals surface area contributed by atoms with Crippen molar-refractivity contribution in [3.63, 3.8) is 0 Å². The Morgan fingerprint density at radius 3 is 1.82 bits per heavy atom. The highest BCUT2D eigenvalue weighted by Gasteiger charge is 1.69. The summed E-state index contributed by atoms with van der Waals surface area (Å²) in [5.74, 6) is 0. The highest BCUT2D eigenvalue weighted by molar-refractivity contribution is 4.70. The average molecular weight is 156 g/mol. The van der Waals surface area contributed by atoms with Gasteiger partial charge in [-0.3, -0.25) is 0 Å².